The van der Waals surface area contributed by atoms with Gasteiger partial charge in [-0.25, -0.2) is 0 Å². The molecule has 100 valence electrons. The molecule has 1 unspecified atom stereocenters. The Labute approximate surface area is 116 Å². The second-order valence-electron chi connectivity index (χ2n) is 4.26. The average molecular weight is 276 g/mol. The Bertz CT molecular complexity index is 574. The molecule has 1 aromatic heterocycles. The maximum Gasteiger partial charge on any atom is 0.321 e. The average Bonchev–Trinajstić information content (AvgIpc) is 2.43. The van der Waals surface area contributed by atoms with E-state index in [2.05, 4.69) is 11.1 Å². The van der Waals surface area contributed by atoms with Crippen LogP contribution in [0.5, 0.6) is 0 Å². The summed E-state index contributed by atoms with van der Waals surface area (Å²) in [5, 5.41) is 9.80. The van der Waals surface area contributed by atoms with Crippen LogP contribution in [0.1, 0.15) is 5.69 Å². The summed E-state index contributed by atoms with van der Waals surface area (Å²) in [6, 6.07) is 11.3. The first-order valence-electron chi connectivity index (χ1n) is 6.07. The first-order valence-corrected chi connectivity index (χ1v) is 7.23. The van der Waals surface area contributed by atoms with Crippen LogP contribution in [0.2, 0.25) is 0 Å². The molecule has 1 atom stereocenters. The summed E-state index contributed by atoms with van der Waals surface area (Å²) >= 11 is 1.54. The van der Waals surface area contributed by atoms with Gasteiger partial charge in [0.05, 0.1) is 5.52 Å². The lowest BCUT2D eigenvalue weighted by Crippen LogP contribution is -2.32. The van der Waals surface area contributed by atoms with Crippen molar-refractivity contribution in [2.45, 2.75) is 12.5 Å². The standard InChI is InChI=1S/C14H16N2O2S/c15-12(14(17)18)9-19-8-7-11-6-5-10-3-1-2-4-13(10)16-11/h1-6,12H,7-9,15H2,(H,17,18). The van der Waals surface area contributed by atoms with Crippen molar-refractivity contribution >= 4 is 28.6 Å². The van der Waals surface area contributed by atoms with E-state index in [1.165, 1.54) is 0 Å². The molecule has 0 radical (unpaired) electrons. The number of rotatable bonds is 6. The third-order valence-electron chi connectivity index (χ3n) is 2.77. The third-order valence-corrected chi connectivity index (χ3v) is 3.86. The van der Waals surface area contributed by atoms with Gasteiger partial charge in [-0.2, -0.15) is 11.8 Å². The number of aromatic nitrogens is 1. The summed E-state index contributed by atoms with van der Waals surface area (Å²) in [7, 11) is 0. The number of hydrogen-bond acceptors (Lipinski definition) is 4. The number of aryl methyl sites for hydroxylation is 1. The number of nitrogens with zero attached hydrogens (tertiary/aromatic N) is 1. The molecule has 1 heterocycles. The van der Waals surface area contributed by atoms with Gasteiger partial charge in [0.1, 0.15) is 6.04 Å². The summed E-state index contributed by atoms with van der Waals surface area (Å²) < 4.78 is 0. The summed E-state index contributed by atoms with van der Waals surface area (Å²) in [6.07, 6.45) is 0.821. The summed E-state index contributed by atoms with van der Waals surface area (Å²) in [6.45, 7) is 0. The Hall–Kier alpha value is -1.59. The quantitative estimate of drug-likeness (QED) is 0.788. The molecule has 0 aliphatic carbocycles. The molecule has 5 heteroatoms. The van der Waals surface area contributed by atoms with E-state index in [4.69, 9.17) is 10.8 Å². The Morgan fingerprint density at radius 1 is 1.32 bits per heavy atom. The van der Waals surface area contributed by atoms with Crippen molar-refractivity contribution in [2.75, 3.05) is 11.5 Å². The normalized spacial score (nSPS) is 12.5. The van der Waals surface area contributed by atoms with Gasteiger partial charge < -0.3 is 10.8 Å². The molecule has 0 saturated carbocycles. The van der Waals surface area contributed by atoms with Crippen molar-refractivity contribution in [1.29, 1.82) is 0 Å². The van der Waals surface area contributed by atoms with E-state index in [1.54, 1.807) is 11.8 Å². The lowest BCUT2D eigenvalue weighted by molar-refractivity contribution is -0.137. The lowest BCUT2D eigenvalue weighted by atomic mass is 10.2. The minimum absolute atomic E-state index is 0.433. The fourth-order valence-corrected chi connectivity index (χ4v) is 2.62. The fraction of sp³-hybridized carbons (Fsp3) is 0.286. The zero-order chi connectivity index (χ0) is 13.7. The molecular formula is C14H16N2O2S. The number of aliphatic carboxylic acids is 1. The second-order valence-corrected chi connectivity index (χ2v) is 5.41. The largest absolute Gasteiger partial charge is 0.480 e. The van der Waals surface area contributed by atoms with Crippen LogP contribution < -0.4 is 5.73 Å². The number of carboxylic acids is 1. The van der Waals surface area contributed by atoms with Gasteiger partial charge in [0.15, 0.2) is 0 Å². The minimum atomic E-state index is -0.948. The van der Waals surface area contributed by atoms with Crippen molar-refractivity contribution in [2.24, 2.45) is 5.73 Å². The third kappa shape index (κ3) is 3.94. The fourth-order valence-electron chi connectivity index (χ4n) is 1.71. The van der Waals surface area contributed by atoms with E-state index in [-0.39, 0.29) is 0 Å². The zero-order valence-electron chi connectivity index (χ0n) is 10.5. The number of thioether (sulfide) groups is 1. The minimum Gasteiger partial charge on any atom is -0.480 e. The van der Waals surface area contributed by atoms with Crippen molar-refractivity contribution in [3.63, 3.8) is 0 Å². The number of para-hydroxylation sites is 1. The van der Waals surface area contributed by atoms with Gasteiger partial charge in [0.2, 0.25) is 0 Å². The molecule has 2 aromatic rings. The number of pyridine rings is 1. The number of hydrogen-bond donors (Lipinski definition) is 2. The highest BCUT2D eigenvalue weighted by atomic mass is 32.2. The van der Waals surface area contributed by atoms with Gasteiger partial charge in [-0.3, -0.25) is 9.78 Å². The number of benzene rings is 1. The highest BCUT2D eigenvalue weighted by molar-refractivity contribution is 7.99. The van der Waals surface area contributed by atoms with Gasteiger partial charge in [-0.05, 0) is 24.3 Å². The maximum atomic E-state index is 10.6. The van der Waals surface area contributed by atoms with E-state index < -0.39 is 12.0 Å². The van der Waals surface area contributed by atoms with Crippen molar-refractivity contribution in [1.82, 2.24) is 4.98 Å². The Kier molecular flexibility index (Phi) is 4.76. The smallest absolute Gasteiger partial charge is 0.321 e. The summed E-state index contributed by atoms with van der Waals surface area (Å²) in [5.41, 5.74) is 7.45. The van der Waals surface area contributed by atoms with Crippen molar-refractivity contribution in [3.05, 3.63) is 42.1 Å². The Balaban J connectivity index is 1.86. The molecule has 0 saturated heterocycles. The van der Waals surface area contributed by atoms with Crippen LogP contribution in [-0.4, -0.2) is 33.6 Å². The van der Waals surface area contributed by atoms with Gasteiger partial charge >= 0.3 is 5.97 Å². The highest BCUT2D eigenvalue weighted by Crippen LogP contribution is 2.13. The number of nitrogens with two attached hydrogens (primary N) is 1. The molecule has 3 N–H and O–H groups in total. The maximum absolute atomic E-state index is 10.6. The predicted octanol–water partition coefficient (Wildman–Crippen LogP) is 1.92. The van der Waals surface area contributed by atoms with E-state index in [0.717, 1.165) is 28.8 Å². The Morgan fingerprint density at radius 2 is 2.11 bits per heavy atom. The van der Waals surface area contributed by atoms with Crippen LogP contribution in [0.15, 0.2) is 36.4 Å². The molecule has 0 aliphatic rings. The van der Waals surface area contributed by atoms with Crippen LogP contribution in [0.4, 0.5) is 0 Å². The molecule has 1 aromatic carbocycles. The molecule has 0 fully saturated rings. The van der Waals surface area contributed by atoms with Gasteiger partial charge in [0.25, 0.3) is 0 Å². The van der Waals surface area contributed by atoms with Gasteiger partial charge in [0, 0.05) is 16.8 Å². The molecule has 0 amide bonds. The van der Waals surface area contributed by atoms with E-state index in [9.17, 15) is 4.79 Å². The highest BCUT2D eigenvalue weighted by Gasteiger charge is 2.10. The monoisotopic (exact) mass is 276 g/mol. The molecule has 0 bridgehead atoms. The molecule has 4 nitrogen and oxygen atoms in total. The number of carbonyl (C=O) groups is 1. The summed E-state index contributed by atoms with van der Waals surface area (Å²) in [4.78, 5) is 15.1. The lowest BCUT2D eigenvalue weighted by Gasteiger charge is -2.06. The second kappa shape index (κ2) is 6.54. The molecule has 19 heavy (non-hydrogen) atoms. The van der Waals surface area contributed by atoms with Crippen LogP contribution in [0, 0.1) is 0 Å². The molecule has 2 rings (SSSR count). The van der Waals surface area contributed by atoms with Crippen LogP contribution in [0.3, 0.4) is 0 Å². The van der Waals surface area contributed by atoms with Gasteiger partial charge in [-0.1, -0.05) is 24.3 Å². The van der Waals surface area contributed by atoms with Crippen LogP contribution in [-0.2, 0) is 11.2 Å². The number of fused-ring (bicyclic) bond motifs is 1. The van der Waals surface area contributed by atoms with Crippen LogP contribution in [0.25, 0.3) is 10.9 Å². The van der Waals surface area contributed by atoms with Gasteiger partial charge in [-0.15, -0.1) is 0 Å². The van der Waals surface area contributed by atoms with E-state index in [0.29, 0.717) is 5.75 Å². The van der Waals surface area contributed by atoms with Crippen molar-refractivity contribution in [3.8, 4) is 0 Å². The molecule has 0 spiro atoms. The number of carboxylic acid groups (broad SMARTS) is 1. The van der Waals surface area contributed by atoms with Crippen molar-refractivity contribution < 1.29 is 9.90 Å². The van der Waals surface area contributed by atoms with E-state index in [1.807, 2.05) is 30.3 Å². The zero-order valence-corrected chi connectivity index (χ0v) is 11.3. The summed E-state index contributed by atoms with van der Waals surface area (Å²) in [5.74, 6) is 0.311. The topological polar surface area (TPSA) is 76.2 Å². The first kappa shape index (κ1) is 13.8. The Morgan fingerprint density at radius 3 is 2.89 bits per heavy atom. The van der Waals surface area contributed by atoms with Crippen LogP contribution >= 0.6 is 11.8 Å². The molecule has 0 aliphatic heterocycles. The molecular weight excluding hydrogens is 260 g/mol. The predicted molar refractivity (Wildman–Crippen MR) is 78.4 cm³/mol. The van der Waals surface area contributed by atoms with E-state index >= 15 is 0 Å². The first-order chi connectivity index (χ1) is 9.16. The SMILES string of the molecule is NC(CSCCc1ccc2ccccc2n1)C(=O)O.